The van der Waals surface area contributed by atoms with Crippen molar-refractivity contribution in [3.63, 3.8) is 0 Å². The Morgan fingerprint density at radius 2 is 2.22 bits per heavy atom. The summed E-state index contributed by atoms with van der Waals surface area (Å²) >= 11 is 5.80. The van der Waals surface area contributed by atoms with Crippen molar-refractivity contribution in [1.82, 2.24) is 14.5 Å². The lowest BCUT2D eigenvalue weighted by Crippen LogP contribution is -2.21. The Morgan fingerprint density at radius 1 is 1.56 bits per heavy atom. The van der Waals surface area contributed by atoms with Gasteiger partial charge in [0, 0.05) is 7.05 Å². The third-order valence-electron chi connectivity index (χ3n) is 2.70. The highest BCUT2D eigenvalue weighted by Gasteiger charge is 2.18. The minimum Gasteiger partial charge on any atom is -0.491 e. The first-order valence-electron chi connectivity index (χ1n) is 5.22. The zero-order valence-electron chi connectivity index (χ0n) is 10.3. The van der Waals surface area contributed by atoms with Crippen molar-refractivity contribution in [3.8, 4) is 5.75 Å². The Balaban J connectivity index is 3.09. The van der Waals surface area contributed by atoms with Crippen LogP contribution in [-0.2, 0) is 7.05 Å². The van der Waals surface area contributed by atoms with Gasteiger partial charge >= 0.3 is 0 Å². The summed E-state index contributed by atoms with van der Waals surface area (Å²) in [6.45, 7) is 5.64. The number of allylic oxidation sites excluding steroid dienone is 1. The molecular weight excluding hydrogens is 254 g/mol. The van der Waals surface area contributed by atoms with Gasteiger partial charge in [-0.05, 0) is 24.1 Å². The average Bonchev–Trinajstić information content (AvgIpc) is 2.32. The SMILES string of the molecule is C=C(C)c1c(OC)c(=O)n(C)c2cnc(Cl)nc12. The van der Waals surface area contributed by atoms with Crippen LogP contribution in [0.1, 0.15) is 12.5 Å². The van der Waals surface area contributed by atoms with E-state index in [0.717, 1.165) is 0 Å². The molecule has 0 amide bonds. The van der Waals surface area contributed by atoms with Gasteiger partial charge in [-0.15, -0.1) is 0 Å². The molecule has 0 atom stereocenters. The van der Waals surface area contributed by atoms with Crippen LogP contribution in [0, 0.1) is 0 Å². The fourth-order valence-electron chi connectivity index (χ4n) is 1.84. The Kier molecular flexibility index (Phi) is 3.09. The number of halogens is 1. The molecule has 2 aromatic heterocycles. The minimum absolute atomic E-state index is 0.116. The van der Waals surface area contributed by atoms with E-state index >= 15 is 0 Å². The van der Waals surface area contributed by atoms with Crippen LogP contribution < -0.4 is 10.3 Å². The fraction of sp³-hybridized carbons (Fsp3) is 0.250. The lowest BCUT2D eigenvalue weighted by atomic mass is 10.1. The van der Waals surface area contributed by atoms with E-state index in [0.29, 0.717) is 22.2 Å². The summed E-state index contributed by atoms with van der Waals surface area (Å²) in [4.78, 5) is 20.2. The van der Waals surface area contributed by atoms with Gasteiger partial charge in [0.2, 0.25) is 5.28 Å². The van der Waals surface area contributed by atoms with Crippen LogP contribution in [0.5, 0.6) is 5.75 Å². The number of aromatic nitrogens is 3. The normalized spacial score (nSPS) is 10.7. The number of methoxy groups -OCH3 is 1. The second kappa shape index (κ2) is 4.42. The van der Waals surface area contributed by atoms with E-state index in [-0.39, 0.29) is 16.6 Å². The second-order valence-corrected chi connectivity index (χ2v) is 4.26. The largest absolute Gasteiger partial charge is 0.491 e. The zero-order valence-corrected chi connectivity index (χ0v) is 11.1. The van der Waals surface area contributed by atoms with Gasteiger partial charge in [-0.3, -0.25) is 4.79 Å². The summed E-state index contributed by atoms with van der Waals surface area (Å²) in [6.07, 6.45) is 1.51. The van der Waals surface area contributed by atoms with Crippen LogP contribution in [0.15, 0.2) is 17.6 Å². The quantitative estimate of drug-likeness (QED) is 0.780. The molecule has 5 nitrogen and oxygen atoms in total. The highest BCUT2D eigenvalue weighted by Crippen LogP contribution is 2.28. The smallest absolute Gasteiger partial charge is 0.293 e. The molecule has 0 aliphatic heterocycles. The number of pyridine rings is 1. The van der Waals surface area contributed by atoms with Crippen LogP contribution in [0.3, 0.4) is 0 Å². The van der Waals surface area contributed by atoms with Gasteiger partial charge in [0.1, 0.15) is 5.52 Å². The number of aryl methyl sites for hydroxylation is 1. The third-order valence-corrected chi connectivity index (χ3v) is 2.88. The van der Waals surface area contributed by atoms with Gasteiger partial charge < -0.3 is 9.30 Å². The standard InChI is InChI=1S/C12H12ClN3O2/c1-6(2)8-9-7(5-14-12(13)15-9)16(3)11(17)10(8)18-4/h5H,1H2,2-4H3. The van der Waals surface area contributed by atoms with Crippen molar-refractivity contribution >= 4 is 28.2 Å². The van der Waals surface area contributed by atoms with E-state index in [1.54, 1.807) is 14.0 Å². The second-order valence-electron chi connectivity index (χ2n) is 3.93. The van der Waals surface area contributed by atoms with Gasteiger partial charge in [0.05, 0.1) is 24.4 Å². The Bertz CT molecular complexity index is 707. The Labute approximate surface area is 109 Å². The van der Waals surface area contributed by atoms with Gasteiger partial charge in [-0.25, -0.2) is 9.97 Å². The summed E-state index contributed by atoms with van der Waals surface area (Å²) in [6, 6.07) is 0. The lowest BCUT2D eigenvalue weighted by Gasteiger charge is -2.13. The predicted molar refractivity (Wildman–Crippen MR) is 71.0 cm³/mol. The van der Waals surface area contributed by atoms with Gasteiger partial charge in [0.25, 0.3) is 5.56 Å². The van der Waals surface area contributed by atoms with E-state index < -0.39 is 0 Å². The molecule has 2 aromatic rings. The summed E-state index contributed by atoms with van der Waals surface area (Å²) in [5.74, 6) is 0.215. The molecule has 2 heterocycles. The first kappa shape index (κ1) is 12.6. The zero-order chi connectivity index (χ0) is 13.4. The van der Waals surface area contributed by atoms with Crippen molar-refractivity contribution in [3.05, 3.63) is 34.0 Å². The average molecular weight is 266 g/mol. The van der Waals surface area contributed by atoms with Crippen LogP contribution >= 0.6 is 11.6 Å². The summed E-state index contributed by atoms with van der Waals surface area (Å²) in [7, 11) is 3.07. The molecule has 2 rings (SSSR count). The highest BCUT2D eigenvalue weighted by molar-refractivity contribution is 6.28. The molecule has 0 saturated carbocycles. The molecule has 6 heteroatoms. The number of rotatable bonds is 2. The maximum atomic E-state index is 12.1. The molecule has 0 bridgehead atoms. The maximum Gasteiger partial charge on any atom is 0.293 e. The van der Waals surface area contributed by atoms with E-state index in [1.165, 1.54) is 17.9 Å². The van der Waals surface area contributed by atoms with Gasteiger partial charge in [-0.2, -0.15) is 0 Å². The van der Waals surface area contributed by atoms with Gasteiger partial charge in [0.15, 0.2) is 5.75 Å². The molecule has 94 valence electrons. The van der Waals surface area contributed by atoms with Crippen LogP contribution in [0.2, 0.25) is 5.28 Å². The van der Waals surface area contributed by atoms with Gasteiger partial charge in [-0.1, -0.05) is 6.58 Å². The van der Waals surface area contributed by atoms with E-state index in [9.17, 15) is 4.79 Å². The Morgan fingerprint density at radius 3 is 2.78 bits per heavy atom. The maximum absolute atomic E-state index is 12.1. The van der Waals surface area contributed by atoms with E-state index in [1.807, 2.05) is 0 Å². The number of nitrogens with zero attached hydrogens (tertiary/aromatic N) is 3. The first-order valence-corrected chi connectivity index (χ1v) is 5.60. The van der Waals surface area contributed by atoms with Crippen LogP contribution in [0.4, 0.5) is 0 Å². The third kappa shape index (κ3) is 1.76. The summed E-state index contributed by atoms with van der Waals surface area (Å²) < 4.78 is 6.60. The topological polar surface area (TPSA) is 57.0 Å². The van der Waals surface area contributed by atoms with Crippen molar-refractivity contribution < 1.29 is 4.74 Å². The lowest BCUT2D eigenvalue weighted by molar-refractivity contribution is 0.405. The number of ether oxygens (including phenoxy) is 1. The molecule has 0 aromatic carbocycles. The first-order chi connectivity index (χ1) is 8.47. The molecule has 0 fully saturated rings. The number of hydrogen-bond donors (Lipinski definition) is 0. The van der Waals surface area contributed by atoms with Crippen LogP contribution in [-0.4, -0.2) is 21.6 Å². The monoisotopic (exact) mass is 265 g/mol. The number of fused-ring (bicyclic) bond motifs is 1. The highest BCUT2D eigenvalue weighted by atomic mass is 35.5. The molecule has 18 heavy (non-hydrogen) atoms. The fourth-order valence-corrected chi connectivity index (χ4v) is 1.98. The minimum atomic E-state index is -0.256. The van der Waals surface area contributed by atoms with Crippen molar-refractivity contribution in [2.45, 2.75) is 6.92 Å². The molecule has 0 radical (unpaired) electrons. The summed E-state index contributed by atoms with van der Waals surface area (Å²) in [5.41, 5.74) is 2.14. The predicted octanol–water partition coefficient (Wildman–Crippen LogP) is 2.02. The Hall–Kier alpha value is -1.88. The van der Waals surface area contributed by atoms with E-state index in [2.05, 4.69) is 16.5 Å². The van der Waals surface area contributed by atoms with Crippen molar-refractivity contribution in [2.24, 2.45) is 7.05 Å². The molecule has 0 aliphatic rings. The molecule has 0 aliphatic carbocycles. The summed E-state index contributed by atoms with van der Waals surface area (Å²) in [5, 5.41) is 0.116. The number of hydrogen-bond acceptors (Lipinski definition) is 4. The van der Waals surface area contributed by atoms with E-state index in [4.69, 9.17) is 16.3 Å². The molecular formula is C12H12ClN3O2. The molecule has 0 spiro atoms. The van der Waals surface area contributed by atoms with Crippen molar-refractivity contribution in [2.75, 3.05) is 7.11 Å². The van der Waals surface area contributed by atoms with Crippen LogP contribution in [0.25, 0.3) is 16.6 Å². The molecule has 0 N–H and O–H groups in total. The molecule has 0 saturated heterocycles. The molecule has 0 unspecified atom stereocenters. The van der Waals surface area contributed by atoms with Crippen molar-refractivity contribution in [1.29, 1.82) is 0 Å².